The minimum atomic E-state index is -2.37. The average molecular weight is 758 g/mol. The zero-order valence-corrected chi connectivity index (χ0v) is 34.2. The van der Waals surface area contributed by atoms with Gasteiger partial charge in [0, 0.05) is 50.7 Å². The number of hydrogen-bond acceptors (Lipinski definition) is 10. The highest BCUT2D eigenvalue weighted by Gasteiger charge is 2.53. The lowest BCUT2D eigenvalue weighted by atomic mass is 9.85. The lowest BCUT2D eigenvalue weighted by molar-refractivity contribution is -0.265. The van der Waals surface area contributed by atoms with Gasteiger partial charge in [-0.05, 0) is 88.2 Å². The van der Waals surface area contributed by atoms with Gasteiger partial charge in [-0.3, -0.25) is 19.2 Å². The van der Waals surface area contributed by atoms with Crippen LogP contribution in [0.3, 0.4) is 0 Å². The largest absolute Gasteiger partial charge is 0.460 e. The molecule has 3 rings (SSSR count). The predicted octanol–water partition coefficient (Wildman–Crippen LogP) is 6.23. The van der Waals surface area contributed by atoms with Crippen LogP contribution in [0.2, 0.25) is 0 Å². The Hall–Kier alpha value is -2.99. The van der Waals surface area contributed by atoms with E-state index in [4.69, 9.17) is 14.2 Å². The maximum Gasteiger partial charge on any atom is 0.329 e. The van der Waals surface area contributed by atoms with E-state index in [9.17, 15) is 34.2 Å². The number of ether oxygens (including phenoxy) is 3. The molecule has 1 amide bonds. The number of aliphatic hydroxyl groups excluding tert-OH is 1. The summed E-state index contributed by atoms with van der Waals surface area (Å²) in [4.78, 5) is 69.2. The van der Waals surface area contributed by atoms with E-state index >= 15 is 0 Å². The molecule has 3 aliphatic rings. The molecule has 0 saturated carbocycles. The standard InChI is InChI=1S/C43H67NO10/c1-26(2)38-25-37(47)31(7)22-30(6)36(46)24-35(45)29(5)21-27(3)15-11-10-12-16-28(4)39(52-9)23-33-19-18-32(8)43(51,54-33)40(48)41(49)44-20-14-13-17-34(44)42(50)53-38/h10,12,16,22,26-27,29,31-34,36,38-39,46,51H,11,13-15,17-21,23-25H2,1-9H3/b12-10?,28-16?,30-22+/t27-,29-,31-,32-,33+,34+,36+,38+,39+,43-/m1/s1. The van der Waals surface area contributed by atoms with Gasteiger partial charge in [0.05, 0.1) is 18.3 Å². The third-order valence-corrected chi connectivity index (χ3v) is 11.7. The quantitative estimate of drug-likeness (QED) is 0.188. The molecule has 0 unspecified atom stereocenters. The number of ketones is 3. The van der Waals surface area contributed by atoms with E-state index in [2.05, 4.69) is 13.0 Å². The van der Waals surface area contributed by atoms with Crippen molar-refractivity contribution in [2.24, 2.45) is 29.6 Å². The number of carbonyl (C=O) groups is 5. The molecule has 54 heavy (non-hydrogen) atoms. The molecule has 2 fully saturated rings. The number of rotatable bonds is 2. The van der Waals surface area contributed by atoms with Crippen LogP contribution in [0.5, 0.6) is 0 Å². The van der Waals surface area contributed by atoms with Crippen LogP contribution in [0.25, 0.3) is 0 Å². The molecule has 3 aliphatic heterocycles. The molecule has 2 saturated heterocycles. The first kappa shape index (κ1) is 45.4. The minimum absolute atomic E-state index is 0.0247. The van der Waals surface area contributed by atoms with Crippen LogP contribution in [0.1, 0.15) is 126 Å². The van der Waals surface area contributed by atoms with Gasteiger partial charge in [-0.2, -0.15) is 0 Å². The number of aliphatic hydroxyl groups is 2. The van der Waals surface area contributed by atoms with Crippen molar-refractivity contribution >= 4 is 29.2 Å². The number of nitrogens with zero attached hydrogens (tertiary/aromatic N) is 1. The minimum Gasteiger partial charge on any atom is -0.460 e. The van der Waals surface area contributed by atoms with Gasteiger partial charge in [0.1, 0.15) is 23.7 Å². The molecular formula is C43H67NO10. The van der Waals surface area contributed by atoms with Gasteiger partial charge in [0.2, 0.25) is 5.79 Å². The zero-order valence-electron chi connectivity index (χ0n) is 34.2. The van der Waals surface area contributed by atoms with E-state index in [1.165, 1.54) is 4.90 Å². The molecule has 3 heterocycles. The second kappa shape index (κ2) is 20.8. The van der Waals surface area contributed by atoms with E-state index in [-0.39, 0.29) is 61.2 Å². The van der Waals surface area contributed by atoms with Gasteiger partial charge in [-0.1, -0.05) is 65.8 Å². The highest BCUT2D eigenvalue weighted by molar-refractivity contribution is 6.39. The van der Waals surface area contributed by atoms with Gasteiger partial charge in [0.15, 0.2) is 0 Å². The number of carbonyl (C=O) groups excluding carboxylic acids is 5. The molecule has 0 aromatic carbocycles. The van der Waals surface area contributed by atoms with Crippen molar-refractivity contribution in [3.05, 3.63) is 35.5 Å². The fourth-order valence-corrected chi connectivity index (χ4v) is 7.75. The number of Topliss-reactive ketones (excluding diaryl/α,β-unsaturated/α-hetero) is 3. The average Bonchev–Trinajstić information content (AvgIpc) is 3.13. The van der Waals surface area contributed by atoms with Crippen LogP contribution in [0.15, 0.2) is 35.5 Å². The maximum absolute atomic E-state index is 13.9. The van der Waals surface area contributed by atoms with E-state index in [0.717, 1.165) is 18.4 Å². The third kappa shape index (κ3) is 12.3. The number of allylic oxidation sites excluding steroid dienone is 4. The van der Waals surface area contributed by atoms with Gasteiger partial charge < -0.3 is 29.3 Å². The Morgan fingerprint density at radius 1 is 0.907 bits per heavy atom. The third-order valence-electron chi connectivity index (χ3n) is 11.7. The molecule has 2 N–H and O–H groups in total. The first-order chi connectivity index (χ1) is 25.4. The SMILES string of the molecule is CO[C@H]1C[C@@H]2CC[C@@H](C)[C@@](O)(O2)C(=O)C(=O)N2CCCC[C@H]2C(=O)O[C@H](C(C)C)CC(=O)[C@H](C)/C=C(\C)[C@@H](O)CC(=O)[C@H](C)C[C@H](C)CCC=CC=C1C. The molecule has 0 aliphatic carbocycles. The van der Waals surface area contributed by atoms with Gasteiger partial charge >= 0.3 is 5.97 Å². The van der Waals surface area contributed by atoms with Crippen LogP contribution < -0.4 is 0 Å². The van der Waals surface area contributed by atoms with Crippen LogP contribution >= 0.6 is 0 Å². The Bertz CT molecular complexity index is 1420. The fourth-order valence-electron chi connectivity index (χ4n) is 7.75. The Morgan fingerprint density at radius 2 is 1.61 bits per heavy atom. The van der Waals surface area contributed by atoms with Crippen molar-refractivity contribution in [3.8, 4) is 0 Å². The van der Waals surface area contributed by atoms with Crippen molar-refractivity contribution in [2.45, 2.75) is 162 Å². The predicted molar refractivity (Wildman–Crippen MR) is 206 cm³/mol. The number of piperidine rings is 1. The first-order valence-electron chi connectivity index (χ1n) is 20.1. The van der Waals surface area contributed by atoms with Crippen molar-refractivity contribution in [1.29, 1.82) is 0 Å². The second-order valence-corrected chi connectivity index (χ2v) is 16.6. The lowest BCUT2D eigenvalue weighted by Crippen LogP contribution is -2.61. The monoisotopic (exact) mass is 757 g/mol. The van der Waals surface area contributed by atoms with Crippen molar-refractivity contribution in [3.63, 3.8) is 0 Å². The molecule has 0 spiro atoms. The Labute approximate surface area is 322 Å². The molecule has 0 radical (unpaired) electrons. The first-order valence-corrected chi connectivity index (χ1v) is 20.1. The van der Waals surface area contributed by atoms with E-state index in [1.54, 1.807) is 34.0 Å². The molecule has 11 nitrogen and oxygen atoms in total. The smallest absolute Gasteiger partial charge is 0.329 e. The summed E-state index contributed by atoms with van der Waals surface area (Å²) in [7, 11) is 1.60. The van der Waals surface area contributed by atoms with Gasteiger partial charge in [-0.15, -0.1) is 0 Å². The highest BCUT2D eigenvalue weighted by Crippen LogP contribution is 2.36. The number of hydrogen-bond donors (Lipinski definition) is 2. The number of esters is 1. The zero-order chi connectivity index (χ0) is 40.3. The van der Waals surface area contributed by atoms with E-state index < -0.39 is 59.6 Å². The number of amides is 1. The number of methoxy groups -OCH3 is 1. The Balaban J connectivity index is 1.92. The highest BCUT2D eigenvalue weighted by atomic mass is 16.6. The summed E-state index contributed by atoms with van der Waals surface area (Å²) < 4.78 is 17.8. The fraction of sp³-hybridized carbons (Fsp3) is 0.744. The molecule has 0 aromatic heterocycles. The van der Waals surface area contributed by atoms with Crippen molar-refractivity contribution in [1.82, 2.24) is 4.90 Å². The Kier molecular flexibility index (Phi) is 17.5. The molecular weight excluding hydrogens is 690 g/mol. The summed E-state index contributed by atoms with van der Waals surface area (Å²) >= 11 is 0. The Morgan fingerprint density at radius 3 is 2.28 bits per heavy atom. The summed E-state index contributed by atoms with van der Waals surface area (Å²) in [6.45, 7) is 14.9. The molecule has 0 aromatic rings. The van der Waals surface area contributed by atoms with Crippen LogP contribution in [0, 0.1) is 29.6 Å². The van der Waals surface area contributed by atoms with Crippen LogP contribution in [0.4, 0.5) is 0 Å². The summed E-state index contributed by atoms with van der Waals surface area (Å²) in [5, 5.41) is 22.6. The van der Waals surface area contributed by atoms with Crippen LogP contribution in [-0.4, -0.2) is 94.2 Å². The number of fused-ring (bicyclic) bond motifs is 3. The lowest BCUT2D eigenvalue weighted by Gasteiger charge is -2.42. The van der Waals surface area contributed by atoms with Gasteiger partial charge in [0.25, 0.3) is 11.7 Å². The molecule has 2 bridgehead atoms. The van der Waals surface area contributed by atoms with E-state index in [0.29, 0.717) is 44.1 Å². The van der Waals surface area contributed by atoms with Crippen molar-refractivity contribution in [2.75, 3.05) is 13.7 Å². The van der Waals surface area contributed by atoms with Crippen molar-refractivity contribution < 1.29 is 48.4 Å². The van der Waals surface area contributed by atoms with Gasteiger partial charge in [-0.25, -0.2) is 4.79 Å². The summed E-state index contributed by atoms with van der Waals surface area (Å²) in [6, 6.07) is -1.06. The summed E-state index contributed by atoms with van der Waals surface area (Å²) in [5.41, 5.74) is 1.47. The van der Waals surface area contributed by atoms with E-state index in [1.807, 2.05) is 39.8 Å². The topological polar surface area (TPSA) is 157 Å². The number of cyclic esters (lactones) is 1. The molecule has 11 heteroatoms. The van der Waals surface area contributed by atoms with Crippen LogP contribution in [-0.2, 0) is 38.2 Å². The maximum atomic E-state index is 13.9. The summed E-state index contributed by atoms with van der Waals surface area (Å²) in [6.07, 6.45) is 10.1. The summed E-state index contributed by atoms with van der Waals surface area (Å²) in [5.74, 6) is -6.84. The normalized spacial score (nSPS) is 36.6. The molecule has 10 atom stereocenters. The molecule has 304 valence electrons. The second-order valence-electron chi connectivity index (χ2n) is 16.6.